The van der Waals surface area contributed by atoms with E-state index < -0.39 is 10.1 Å². The van der Waals surface area contributed by atoms with Crippen LogP contribution in [0.2, 0.25) is 0 Å². The molecule has 0 radical (unpaired) electrons. The lowest BCUT2D eigenvalue weighted by Crippen LogP contribution is -2.10. The number of nitrogens with zero attached hydrogens (tertiary/aromatic N) is 2. The first-order valence-corrected chi connectivity index (χ1v) is 13.2. The van der Waals surface area contributed by atoms with Crippen molar-refractivity contribution in [3.05, 3.63) is 108 Å². The zero-order valence-corrected chi connectivity index (χ0v) is 21.6. The highest BCUT2D eigenvalue weighted by molar-refractivity contribution is 7.87. The Balaban J connectivity index is 1.52. The summed E-state index contributed by atoms with van der Waals surface area (Å²) in [7, 11) is -2.55. The molecule has 3 aromatic carbocycles. The predicted octanol–water partition coefficient (Wildman–Crippen LogP) is 6.01. The van der Waals surface area contributed by atoms with Gasteiger partial charge in [0.25, 0.3) is 0 Å². The summed E-state index contributed by atoms with van der Waals surface area (Å²) in [5, 5.41) is 3.52. The van der Waals surface area contributed by atoms with Gasteiger partial charge in [-0.25, -0.2) is 4.98 Å². The molecule has 0 saturated heterocycles. The molecule has 0 spiro atoms. The summed E-state index contributed by atoms with van der Waals surface area (Å²) in [5.74, 6) is 1.21. The van der Waals surface area contributed by atoms with Crippen LogP contribution in [0.15, 0.2) is 96.0 Å². The van der Waals surface area contributed by atoms with Crippen LogP contribution in [-0.4, -0.2) is 24.9 Å². The van der Waals surface area contributed by atoms with Crippen LogP contribution >= 0.6 is 0 Å². The second-order valence-electron chi connectivity index (χ2n) is 8.80. The second-order valence-corrected chi connectivity index (χ2v) is 10.3. The maximum atomic E-state index is 12.9. The Bertz CT molecular complexity index is 1660. The maximum absolute atomic E-state index is 12.9. The Morgan fingerprint density at radius 3 is 2.35 bits per heavy atom. The van der Waals surface area contributed by atoms with E-state index in [2.05, 4.69) is 17.4 Å². The van der Waals surface area contributed by atoms with E-state index in [1.54, 1.807) is 30.3 Å². The van der Waals surface area contributed by atoms with Gasteiger partial charge in [-0.3, -0.25) is 4.40 Å². The minimum Gasteiger partial charge on any atom is -0.493 e. The second kappa shape index (κ2) is 9.99. The summed E-state index contributed by atoms with van der Waals surface area (Å²) in [5.41, 5.74) is 5.47. The highest BCUT2D eigenvalue weighted by atomic mass is 32.2. The number of fused-ring (bicyclic) bond motifs is 1. The number of hydrogen-bond acceptors (Lipinski definition) is 6. The molecule has 1 N–H and O–H groups in total. The van der Waals surface area contributed by atoms with Crippen molar-refractivity contribution in [2.24, 2.45) is 0 Å². The first-order chi connectivity index (χ1) is 17.8. The van der Waals surface area contributed by atoms with Gasteiger partial charge in [-0.2, -0.15) is 8.42 Å². The Labute approximate surface area is 216 Å². The molecule has 5 aromatic rings. The van der Waals surface area contributed by atoms with E-state index >= 15 is 0 Å². The van der Waals surface area contributed by atoms with Crippen molar-refractivity contribution in [2.45, 2.75) is 25.3 Å². The van der Waals surface area contributed by atoms with Gasteiger partial charge in [-0.1, -0.05) is 48.0 Å². The summed E-state index contributed by atoms with van der Waals surface area (Å²) < 4.78 is 38.7. The number of aromatic nitrogens is 2. The monoisotopic (exact) mass is 513 g/mol. The summed E-state index contributed by atoms with van der Waals surface area (Å²) >= 11 is 0. The third-order valence-electron chi connectivity index (χ3n) is 6.03. The van der Waals surface area contributed by atoms with E-state index in [0.717, 1.165) is 33.7 Å². The lowest BCUT2D eigenvalue weighted by atomic mass is 10.1. The molecule has 2 heterocycles. The Hall–Kier alpha value is -4.30. The third kappa shape index (κ3) is 5.15. The number of anilines is 1. The highest BCUT2D eigenvalue weighted by Crippen LogP contribution is 2.37. The Morgan fingerprint density at radius 2 is 1.62 bits per heavy atom. The van der Waals surface area contributed by atoms with Crippen LogP contribution < -0.4 is 14.2 Å². The standard InChI is InChI=1S/C29H27N3O4S/c1-20-9-12-24(13-10-20)37(33,34)36-25-14-11-23(18-26(25)35-3)28-29(30-19-22-7-5-4-6-8-22)32-16-15-21(2)17-27(32)31-28/h4-18,30H,19H2,1-3H3. The number of ether oxygens (including phenoxy) is 1. The van der Waals surface area contributed by atoms with E-state index in [4.69, 9.17) is 13.9 Å². The van der Waals surface area contributed by atoms with Crippen molar-refractivity contribution < 1.29 is 17.3 Å². The average Bonchev–Trinajstić information content (AvgIpc) is 3.25. The van der Waals surface area contributed by atoms with Crippen LogP contribution in [0, 0.1) is 13.8 Å². The van der Waals surface area contributed by atoms with Crippen LogP contribution in [0.4, 0.5) is 5.82 Å². The number of imidazole rings is 1. The SMILES string of the molecule is COc1cc(-c2nc3cc(C)ccn3c2NCc2ccccc2)ccc1OS(=O)(=O)c1ccc(C)cc1. The van der Waals surface area contributed by atoms with E-state index in [9.17, 15) is 8.42 Å². The number of hydrogen-bond donors (Lipinski definition) is 1. The summed E-state index contributed by atoms with van der Waals surface area (Å²) in [6.45, 7) is 4.53. The first kappa shape index (κ1) is 24.4. The van der Waals surface area contributed by atoms with Crippen molar-refractivity contribution >= 4 is 21.6 Å². The first-order valence-electron chi connectivity index (χ1n) is 11.8. The van der Waals surface area contributed by atoms with Crippen molar-refractivity contribution in [2.75, 3.05) is 12.4 Å². The van der Waals surface area contributed by atoms with Gasteiger partial charge in [0.1, 0.15) is 22.1 Å². The molecule has 0 bridgehead atoms. The summed E-state index contributed by atoms with van der Waals surface area (Å²) in [4.78, 5) is 4.95. The van der Waals surface area contributed by atoms with Crippen LogP contribution in [0.1, 0.15) is 16.7 Å². The molecule has 0 atom stereocenters. The van der Waals surface area contributed by atoms with Gasteiger partial charge in [0.05, 0.1) is 7.11 Å². The zero-order chi connectivity index (χ0) is 26.0. The zero-order valence-electron chi connectivity index (χ0n) is 20.8. The van der Waals surface area contributed by atoms with Crippen LogP contribution in [0.25, 0.3) is 16.9 Å². The Kier molecular flexibility index (Phi) is 6.58. The number of rotatable bonds is 8. The molecule has 7 nitrogen and oxygen atoms in total. The molecular formula is C29H27N3O4S. The molecule has 5 rings (SSSR count). The van der Waals surface area contributed by atoms with Gasteiger partial charge in [-0.15, -0.1) is 0 Å². The van der Waals surface area contributed by atoms with Gasteiger partial charge < -0.3 is 14.2 Å². The molecule has 0 aliphatic heterocycles. The number of benzene rings is 3. The fourth-order valence-electron chi connectivity index (χ4n) is 4.05. The number of methoxy groups -OCH3 is 1. The van der Waals surface area contributed by atoms with Gasteiger partial charge in [-0.05, 0) is 67.4 Å². The van der Waals surface area contributed by atoms with Crippen molar-refractivity contribution in [1.82, 2.24) is 9.38 Å². The lowest BCUT2D eigenvalue weighted by Gasteiger charge is -2.13. The van der Waals surface area contributed by atoms with Crippen molar-refractivity contribution in [3.8, 4) is 22.8 Å². The van der Waals surface area contributed by atoms with Crippen LogP contribution in [-0.2, 0) is 16.7 Å². The fraction of sp³-hybridized carbons (Fsp3) is 0.138. The van der Waals surface area contributed by atoms with E-state index in [1.165, 1.54) is 19.2 Å². The molecule has 0 amide bonds. The topological polar surface area (TPSA) is 81.9 Å². The smallest absolute Gasteiger partial charge is 0.339 e. The number of nitrogens with one attached hydrogen (secondary N) is 1. The summed E-state index contributed by atoms with van der Waals surface area (Å²) in [6.07, 6.45) is 1.98. The van der Waals surface area contributed by atoms with Crippen LogP contribution in [0.5, 0.6) is 11.5 Å². The predicted molar refractivity (Wildman–Crippen MR) is 145 cm³/mol. The minimum absolute atomic E-state index is 0.0762. The fourth-order valence-corrected chi connectivity index (χ4v) is 4.99. The molecular weight excluding hydrogens is 486 g/mol. The minimum atomic E-state index is -4.02. The quantitative estimate of drug-likeness (QED) is 0.256. The Morgan fingerprint density at radius 1 is 0.865 bits per heavy atom. The van der Waals surface area contributed by atoms with Crippen LogP contribution in [0.3, 0.4) is 0 Å². The van der Waals surface area contributed by atoms with Gasteiger partial charge in [0.2, 0.25) is 0 Å². The summed E-state index contributed by atoms with van der Waals surface area (Å²) in [6, 6.07) is 25.8. The van der Waals surface area contributed by atoms with Gasteiger partial charge in [0.15, 0.2) is 11.5 Å². The molecule has 0 saturated carbocycles. The molecule has 0 aliphatic rings. The van der Waals surface area contributed by atoms with Crippen molar-refractivity contribution in [3.63, 3.8) is 0 Å². The highest BCUT2D eigenvalue weighted by Gasteiger charge is 2.21. The lowest BCUT2D eigenvalue weighted by molar-refractivity contribution is 0.391. The molecule has 2 aromatic heterocycles. The van der Waals surface area contributed by atoms with Gasteiger partial charge >= 0.3 is 10.1 Å². The molecule has 188 valence electrons. The molecule has 8 heteroatoms. The van der Waals surface area contributed by atoms with Gasteiger partial charge in [0, 0.05) is 18.3 Å². The number of pyridine rings is 1. The number of aryl methyl sites for hydroxylation is 2. The van der Waals surface area contributed by atoms with E-state index in [-0.39, 0.29) is 16.4 Å². The van der Waals surface area contributed by atoms with E-state index in [1.807, 2.05) is 54.8 Å². The maximum Gasteiger partial charge on any atom is 0.339 e. The third-order valence-corrected chi connectivity index (χ3v) is 7.28. The molecule has 0 fully saturated rings. The largest absolute Gasteiger partial charge is 0.493 e. The molecule has 37 heavy (non-hydrogen) atoms. The molecule has 0 aliphatic carbocycles. The van der Waals surface area contributed by atoms with E-state index in [0.29, 0.717) is 12.2 Å². The molecule has 0 unspecified atom stereocenters. The normalized spacial score (nSPS) is 11.4. The average molecular weight is 514 g/mol. The van der Waals surface area contributed by atoms with Crippen molar-refractivity contribution in [1.29, 1.82) is 0 Å².